The molecule has 0 aliphatic carbocycles. The molecule has 4 nitrogen and oxygen atoms in total. The number of hydrogen-bond donors (Lipinski definition) is 2. The van der Waals surface area contributed by atoms with Gasteiger partial charge in [-0.15, -0.1) is 0 Å². The second kappa shape index (κ2) is 12.9. The summed E-state index contributed by atoms with van der Waals surface area (Å²) < 4.78 is 0. The Bertz CT molecular complexity index is 1040. The second-order valence-electron chi connectivity index (χ2n) is 9.39. The summed E-state index contributed by atoms with van der Waals surface area (Å²) in [5.74, 6) is 0.182. The van der Waals surface area contributed by atoms with Crippen LogP contribution in [0.25, 0.3) is 0 Å². The predicted molar refractivity (Wildman–Crippen MR) is 143 cm³/mol. The number of carbonyl (C=O) groups excluding carboxylic acids is 1. The second-order valence-corrected chi connectivity index (χ2v) is 9.39. The van der Waals surface area contributed by atoms with Crippen LogP contribution in [0.4, 0.5) is 0 Å². The first kappa shape index (κ1) is 26.2. The van der Waals surface area contributed by atoms with E-state index < -0.39 is 5.41 Å². The molecule has 0 bridgehead atoms. The Morgan fingerprint density at radius 1 is 0.886 bits per heavy atom. The SMILES string of the molecule is CC[C@H](NCCC[C@@](C#N)(c1ccccc1)C(C)C)C(=O)NC(c1ccccc1)c1ccccc1. The van der Waals surface area contributed by atoms with Gasteiger partial charge in [0.1, 0.15) is 0 Å². The lowest BCUT2D eigenvalue weighted by molar-refractivity contribution is -0.123. The molecule has 2 N–H and O–H groups in total. The standard InChI is InChI=1S/C31H37N3O/c1-4-28(33-22-14-21-31(23-32,24(2)3)27-19-12-7-13-20-27)30(35)34-29(25-15-8-5-9-16-25)26-17-10-6-11-18-26/h5-13,15-20,24,28-29,33H,4,14,21-22H2,1-3H3,(H,34,35)/t28-,31-/m0/s1. The Morgan fingerprint density at radius 3 is 1.86 bits per heavy atom. The first-order chi connectivity index (χ1) is 17.0. The van der Waals surface area contributed by atoms with E-state index >= 15 is 0 Å². The molecule has 0 aliphatic heterocycles. The zero-order valence-corrected chi connectivity index (χ0v) is 21.1. The van der Waals surface area contributed by atoms with Gasteiger partial charge in [-0.2, -0.15) is 5.26 Å². The van der Waals surface area contributed by atoms with Crippen molar-refractivity contribution in [3.63, 3.8) is 0 Å². The number of amides is 1. The number of nitriles is 1. The molecule has 182 valence electrons. The van der Waals surface area contributed by atoms with Gasteiger partial charge in [0.25, 0.3) is 0 Å². The smallest absolute Gasteiger partial charge is 0.237 e. The van der Waals surface area contributed by atoms with Crippen molar-refractivity contribution in [1.82, 2.24) is 10.6 Å². The van der Waals surface area contributed by atoms with Gasteiger partial charge in [-0.25, -0.2) is 0 Å². The summed E-state index contributed by atoms with van der Waals surface area (Å²) >= 11 is 0. The zero-order chi connectivity index (χ0) is 25.1. The van der Waals surface area contributed by atoms with Crippen LogP contribution in [0.15, 0.2) is 91.0 Å². The van der Waals surface area contributed by atoms with Crippen molar-refractivity contribution >= 4 is 5.91 Å². The van der Waals surface area contributed by atoms with E-state index in [4.69, 9.17) is 0 Å². The number of benzene rings is 3. The lowest BCUT2D eigenvalue weighted by Gasteiger charge is -2.31. The number of carbonyl (C=O) groups is 1. The van der Waals surface area contributed by atoms with Crippen molar-refractivity contribution in [3.8, 4) is 6.07 Å². The summed E-state index contributed by atoms with van der Waals surface area (Å²) in [7, 11) is 0. The minimum Gasteiger partial charge on any atom is -0.344 e. The van der Waals surface area contributed by atoms with Crippen molar-refractivity contribution in [2.24, 2.45) is 5.92 Å². The van der Waals surface area contributed by atoms with Crippen LogP contribution in [0.5, 0.6) is 0 Å². The molecule has 3 aromatic rings. The van der Waals surface area contributed by atoms with Crippen molar-refractivity contribution < 1.29 is 4.79 Å². The molecule has 2 atom stereocenters. The van der Waals surface area contributed by atoms with Crippen LogP contribution in [0.3, 0.4) is 0 Å². The van der Waals surface area contributed by atoms with E-state index in [0.29, 0.717) is 13.0 Å². The molecule has 0 saturated carbocycles. The maximum atomic E-state index is 13.3. The third-order valence-electron chi connectivity index (χ3n) is 6.89. The molecular formula is C31H37N3O. The molecule has 0 fully saturated rings. The molecule has 1 amide bonds. The van der Waals surface area contributed by atoms with E-state index in [2.05, 4.69) is 30.6 Å². The third kappa shape index (κ3) is 6.59. The zero-order valence-electron chi connectivity index (χ0n) is 21.1. The summed E-state index contributed by atoms with van der Waals surface area (Å²) in [4.78, 5) is 13.3. The van der Waals surface area contributed by atoms with Gasteiger partial charge >= 0.3 is 0 Å². The molecule has 3 rings (SSSR count). The Balaban J connectivity index is 1.64. The van der Waals surface area contributed by atoms with Gasteiger partial charge in [0, 0.05) is 0 Å². The lowest BCUT2D eigenvalue weighted by atomic mass is 9.70. The fraction of sp³-hybridized carbons (Fsp3) is 0.355. The molecule has 0 aromatic heterocycles. The van der Waals surface area contributed by atoms with Crippen LogP contribution in [0, 0.1) is 17.2 Å². The van der Waals surface area contributed by atoms with Gasteiger partial charge in [0.2, 0.25) is 5.91 Å². The molecule has 0 radical (unpaired) electrons. The van der Waals surface area contributed by atoms with Crippen LogP contribution in [0.1, 0.15) is 62.8 Å². The first-order valence-corrected chi connectivity index (χ1v) is 12.6. The molecule has 35 heavy (non-hydrogen) atoms. The summed E-state index contributed by atoms with van der Waals surface area (Å²) in [6.45, 7) is 6.92. The molecule has 0 unspecified atom stereocenters. The van der Waals surface area contributed by atoms with Crippen molar-refractivity contribution in [3.05, 3.63) is 108 Å². The van der Waals surface area contributed by atoms with Gasteiger partial charge in [0.15, 0.2) is 0 Å². The third-order valence-corrected chi connectivity index (χ3v) is 6.89. The molecular weight excluding hydrogens is 430 g/mol. The average Bonchev–Trinajstić information content (AvgIpc) is 2.91. The fourth-order valence-electron chi connectivity index (χ4n) is 4.71. The monoisotopic (exact) mass is 467 g/mol. The van der Waals surface area contributed by atoms with Crippen LogP contribution in [-0.2, 0) is 10.2 Å². The number of nitrogens with zero attached hydrogens (tertiary/aromatic N) is 1. The summed E-state index contributed by atoms with van der Waals surface area (Å²) in [5.41, 5.74) is 2.65. The summed E-state index contributed by atoms with van der Waals surface area (Å²) in [5, 5.41) is 16.8. The Hall–Kier alpha value is -3.42. The van der Waals surface area contributed by atoms with E-state index in [-0.39, 0.29) is 23.9 Å². The highest BCUT2D eigenvalue weighted by Crippen LogP contribution is 2.36. The maximum Gasteiger partial charge on any atom is 0.237 e. The number of nitrogens with one attached hydrogen (secondary N) is 2. The fourth-order valence-corrected chi connectivity index (χ4v) is 4.71. The van der Waals surface area contributed by atoms with Gasteiger partial charge in [0.05, 0.1) is 23.6 Å². The van der Waals surface area contributed by atoms with Gasteiger partial charge in [-0.1, -0.05) is 112 Å². The Labute approximate surface area is 210 Å². The van der Waals surface area contributed by atoms with E-state index in [0.717, 1.165) is 29.5 Å². The van der Waals surface area contributed by atoms with E-state index in [9.17, 15) is 10.1 Å². The van der Waals surface area contributed by atoms with E-state index in [1.807, 2.05) is 97.9 Å². The molecule has 0 heterocycles. The van der Waals surface area contributed by atoms with Gasteiger partial charge < -0.3 is 10.6 Å². The van der Waals surface area contributed by atoms with Crippen molar-refractivity contribution in [2.45, 2.75) is 57.5 Å². The predicted octanol–water partition coefficient (Wildman–Crippen LogP) is 6.16. The normalized spacial score (nSPS) is 13.7. The van der Waals surface area contributed by atoms with Crippen molar-refractivity contribution in [1.29, 1.82) is 5.26 Å². The first-order valence-electron chi connectivity index (χ1n) is 12.6. The van der Waals surface area contributed by atoms with Crippen LogP contribution in [-0.4, -0.2) is 18.5 Å². The molecule has 0 aliphatic rings. The highest BCUT2D eigenvalue weighted by Gasteiger charge is 2.35. The molecule has 0 saturated heterocycles. The Morgan fingerprint density at radius 2 is 1.40 bits per heavy atom. The van der Waals surface area contributed by atoms with Gasteiger partial charge in [-0.3, -0.25) is 4.79 Å². The van der Waals surface area contributed by atoms with E-state index in [1.165, 1.54) is 0 Å². The lowest BCUT2D eigenvalue weighted by Crippen LogP contribution is -2.45. The highest BCUT2D eigenvalue weighted by molar-refractivity contribution is 5.82. The van der Waals surface area contributed by atoms with Crippen molar-refractivity contribution in [2.75, 3.05) is 6.54 Å². The molecule has 3 aromatic carbocycles. The van der Waals surface area contributed by atoms with Gasteiger partial charge in [-0.05, 0) is 48.4 Å². The summed E-state index contributed by atoms with van der Waals surface area (Å²) in [6.07, 6.45) is 2.24. The summed E-state index contributed by atoms with van der Waals surface area (Å²) in [6, 6.07) is 32.3. The minimum absolute atomic E-state index is 0.0105. The molecule has 0 spiro atoms. The number of rotatable bonds is 12. The Kier molecular flexibility index (Phi) is 9.64. The quantitative estimate of drug-likeness (QED) is 0.314. The van der Waals surface area contributed by atoms with Crippen LogP contribution >= 0.6 is 0 Å². The van der Waals surface area contributed by atoms with Crippen LogP contribution < -0.4 is 10.6 Å². The van der Waals surface area contributed by atoms with E-state index in [1.54, 1.807) is 0 Å². The average molecular weight is 468 g/mol. The topological polar surface area (TPSA) is 64.9 Å². The minimum atomic E-state index is -0.529. The maximum absolute atomic E-state index is 13.3. The highest BCUT2D eigenvalue weighted by atomic mass is 16.2. The number of hydrogen-bond acceptors (Lipinski definition) is 3. The van der Waals surface area contributed by atoms with Crippen LogP contribution in [0.2, 0.25) is 0 Å². The largest absolute Gasteiger partial charge is 0.344 e. The molecule has 4 heteroatoms.